The summed E-state index contributed by atoms with van der Waals surface area (Å²) in [6.45, 7) is 5.42. The van der Waals surface area contributed by atoms with Crippen LogP contribution in [-0.2, 0) is 14.8 Å². The molecule has 1 saturated heterocycles. The van der Waals surface area contributed by atoms with Gasteiger partial charge in [-0.1, -0.05) is 13.0 Å². The summed E-state index contributed by atoms with van der Waals surface area (Å²) >= 11 is 0. The van der Waals surface area contributed by atoms with Gasteiger partial charge in [0.15, 0.2) is 0 Å². The summed E-state index contributed by atoms with van der Waals surface area (Å²) in [5.74, 6) is 0.415. The molecule has 7 heteroatoms. The van der Waals surface area contributed by atoms with E-state index in [1.807, 2.05) is 19.9 Å². The first-order valence-electron chi connectivity index (χ1n) is 7.82. The molecule has 0 saturated carbocycles. The number of ether oxygens (including phenoxy) is 1. The molecule has 2 rings (SSSR count). The Kier molecular flexibility index (Phi) is 5.64. The van der Waals surface area contributed by atoms with E-state index in [9.17, 15) is 13.2 Å². The van der Waals surface area contributed by atoms with Crippen molar-refractivity contribution >= 4 is 15.9 Å². The van der Waals surface area contributed by atoms with Gasteiger partial charge in [0.1, 0.15) is 10.6 Å². The van der Waals surface area contributed by atoms with Crippen LogP contribution in [0.2, 0.25) is 0 Å². The lowest BCUT2D eigenvalue weighted by atomic mass is 10.2. The van der Waals surface area contributed by atoms with E-state index < -0.39 is 10.0 Å². The van der Waals surface area contributed by atoms with E-state index in [0.717, 1.165) is 5.56 Å². The molecule has 6 nitrogen and oxygen atoms in total. The lowest BCUT2D eigenvalue weighted by Crippen LogP contribution is -2.37. The zero-order valence-corrected chi connectivity index (χ0v) is 14.7. The van der Waals surface area contributed by atoms with Gasteiger partial charge in [-0.05, 0) is 31.0 Å². The van der Waals surface area contributed by atoms with Crippen LogP contribution in [0.15, 0.2) is 23.1 Å². The molecule has 1 aromatic carbocycles. The molecule has 1 heterocycles. The number of benzene rings is 1. The van der Waals surface area contributed by atoms with Gasteiger partial charge in [-0.3, -0.25) is 4.79 Å². The van der Waals surface area contributed by atoms with E-state index in [1.165, 1.54) is 11.4 Å². The summed E-state index contributed by atoms with van der Waals surface area (Å²) in [5.41, 5.74) is 0.863. The van der Waals surface area contributed by atoms with Crippen LogP contribution in [0.3, 0.4) is 0 Å². The van der Waals surface area contributed by atoms with E-state index in [4.69, 9.17) is 4.74 Å². The predicted molar refractivity (Wildman–Crippen MR) is 88.0 cm³/mol. The average molecular weight is 340 g/mol. The molecule has 1 aromatic rings. The molecular weight excluding hydrogens is 316 g/mol. The Morgan fingerprint density at radius 3 is 2.61 bits per heavy atom. The number of nitrogens with zero attached hydrogens (tertiary/aromatic N) is 2. The van der Waals surface area contributed by atoms with Crippen LogP contribution in [-0.4, -0.2) is 56.8 Å². The van der Waals surface area contributed by atoms with Crippen molar-refractivity contribution in [2.75, 3.05) is 33.3 Å². The van der Waals surface area contributed by atoms with Crippen molar-refractivity contribution in [3.8, 4) is 5.75 Å². The maximum Gasteiger partial charge on any atom is 0.246 e. The molecule has 0 aromatic heterocycles. The molecular formula is C16H24N2O4S. The smallest absolute Gasteiger partial charge is 0.246 e. The van der Waals surface area contributed by atoms with Gasteiger partial charge < -0.3 is 9.64 Å². The van der Waals surface area contributed by atoms with Gasteiger partial charge in [0.05, 0.1) is 7.11 Å². The monoisotopic (exact) mass is 340 g/mol. The second-order valence-corrected chi connectivity index (χ2v) is 7.55. The number of methoxy groups -OCH3 is 1. The number of hydrogen-bond donors (Lipinski definition) is 0. The predicted octanol–water partition coefficient (Wildman–Crippen LogP) is 1.64. The second-order valence-electron chi connectivity index (χ2n) is 5.65. The number of amides is 1. The molecule has 0 bridgehead atoms. The molecule has 0 unspecified atom stereocenters. The van der Waals surface area contributed by atoms with Gasteiger partial charge in [0.2, 0.25) is 15.9 Å². The Morgan fingerprint density at radius 1 is 1.22 bits per heavy atom. The molecule has 23 heavy (non-hydrogen) atoms. The Bertz CT molecular complexity index is 673. The minimum Gasteiger partial charge on any atom is -0.495 e. The SMILES string of the molecule is CCC(=O)N1CCCN(S(=O)(=O)c2cc(C)ccc2OC)CC1. The molecule has 0 radical (unpaired) electrons. The highest BCUT2D eigenvalue weighted by atomic mass is 32.2. The number of hydrogen-bond acceptors (Lipinski definition) is 4. The van der Waals surface area contributed by atoms with Crippen LogP contribution in [0.1, 0.15) is 25.3 Å². The maximum atomic E-state index is 13.0. The first kappa shape index (κ1) is 17.7. The average Bonchev–Trinajstić information content (AvgIpc) is 2.80. The second kappa shape index (κ2) is 7.31. The zero-order valence-electron chi connectivity index (χ0n) is 13.9. The maximum absolute atomic E-state index is 13.0. The van der Waals surface area contributed by atoms with Crippen LogP contribution in [0, 0.1) is 6.92 Å². The van der Waals surface area contributed by atoms with Crippen LogP contribution < -0.4 is 4.74 Å². The third-order valence-electron chi connectivity index (χ3n) is 4.05. The van der Waals surface area contributed by atoms with E-state index in [0.29, 0.717) is 44.8 Å². The number of aryl methyl sites for hydroxylation is 1. The first-order valence-corrected chi connectivity index (χ1v) is 9.26. The Hall–Kier alpha value is -1.60. The molecule has 128 valence electrons. The number of rotatable bonds is 4. The van der Waals surface area contributed by atoms with Gasteiger partial charge in [-0.2, -0.15) is 4.31 Å². The standard InChI is InChI=1S/C16H24N2O4S/c1-4-16(19)17-8-5-9-18(11-10-17)23(20,21)15-12-13(2)6-7-14(15)22-3/h6-7,12H,4-5,8-11H2,1-3H3. The Balaban J connectivity index is 2.27. The van der Waals surface area contributed by atoms with Crippen molar-refractivity contribution in [3.05, 3.63) is 23.8 Å². The normalized spacial score (nSPS) is 16.9. The fourth-order valence-corrected chi connectivity index (χ4v) is 4.44. The molecule has 0 atom stereocenters. The summed E-state index contributed by atoms with van der Waals surface area (Å²) in [7, 11) is -2.17. The topological polar surface area (TPSA) is 66.9 Å². The lowest BCUT2D eigenvalue weighted by molar-refractivity contribution is -0.130. The number of carbonyl (C=O) groups excluding carboxylic acids is 1. The fourth-order valence-electron chi connectivity index (χ4n) is 2.73. The number of carbonyl (C=O) groups is 1. The highest BCUT2D eigenvalue weighted by Crippen LogP contribution is 2.28. The van der Waals surface area contributed by atoms with Gasteiger partial charge in [0.25, 0.3) is 0 Å². The van der Waals surface area contributed by atoms with Crippen molar-refractivity contribution in [3.63, 3.8) is 0 Å². The Labute approximate surface area is 138 Å². The van der Waals surface area contributed by atoms with Crippen molar-refractivity contribution in [1.82, 2.24) is 9.21 Å². The summed E-state index contributed by atoms with van der Waals surface area (Å²) in [6.07, 6.45) is 1.08. The molecule has 1 amide bonds. The highest BCUT2D eigenvalue weighted by Gasteiger charge is 2.30. The van der Waals surface area contributed by atoms with Crippen LogP contribution in [0.25, 0.3) is 0 Å². The third kappa shape index (κ3) is 3.84. The minimum atomic E-state index is -3.64. The molecule has 0 aliphatic carbocycles. The quantitative estimate of drug-likeness (QED) is 0.836. The first-order chi connectivity index (χ1) is 10.9. The van der Waals surface area contributed by atoms with Gasteiger partial charge in [-0.15, -0.1) is 0 Å². The van der Waals surface area contributed by atoms with Gasteiger partial charge in [0, 0.05) is 32.6 Å². The summed E-state index contributed by atoms with van der Waals surface area (Å²) in [4.78, 5) is 13.8. The molecule has 1 aliphatic heterocycles. The van der Waals surface area contributed by atoms with Crippen molar-refractivity contribution < 1.29 is 17.9 Å². The van der Waals surface area contributed by atoms with Gasteiger partial charge in [-0.25, -0.2) is 8.42 Å². The van der Waals surface area contributed by atoms with Crippen LogP contribution in [0.4, 0.5) is 0 Å². The highest BCUT2D eigenvalue weighted by molar-refractivity contribution is 7.89. The van der Waals surface area contributed by atoms with E-state index in [-0.39, 0.29) is 10.8 Å². The summed E-state index contributed by atoms with van der Waals surface area (Å²) in [6, 6.07) is 5.13. The zero-order chi connectivity index (χ0) is 17.0. The molecule has 0 spiro atoms. The molecule has 1 fully saturated rings. The van der Waals surface area contributed by atoms with Crippen LogP contribution in [0.5, 0.6) is 5.75 Å². The van der Waals surface area contributed by atoms with Crippen molar-refractivity contribution in [1.29, 1.82) is 0 Å². The largest absolute Gasteiger partial charge is 0.495 e. The summed E-state index contributed by atoms with van der Waals surface area (Å²) in [5, 5.41) is 0. The summed E-state index contributed by atoms with van der Waals surface area (Å²) < 4.78 is 32.6. The molecule has 0 N–H and O–H groups in total. The van der Waals surface area contributed by atoms with Crippen LogP contribution >= 0.6 is 0 Å². The van der Waals surface area contributed by atoms with E-state index in [2.05, 4.69) is 0 Å². The molecule has 1 aliphatic rings. The van der Waals surface area contributed by atoms with E-state index in [1.54, 1.807) is 17.0 Å². The number of sulfonamides is 1. The van der Waals surface area contributed by atoms with E-state index >= 15 is 0 Å². The Morgan fingerprint density at radius 2 is 1.96 bits per heavy atom. The van der Waals surface area contributed by atoms with Gasteiger partial charge >= 0.3 is 0 Å². The lowest BCUT2D eigenvalue weighted by Gasteiger charge is -2.22. The van der Waals surface area contributed by atoms with Crippen molar-refractivity contribution in [2.45, 2.75) is 31.6 Å². The minimum absolute atomic E-state index is 0.0670. The van der Waals surface area contributed by atoms with Crippen molar-refractivity contribution in [2.24, 2.45) is 0 Å². The third-order valence-corrected chi connectivity index (χ3v) is 5.97. The fraction of sp³-hybridized carbons (Fsp3) is 0.562.